The quantitative estimate of drug-likeness (QED) is 0.402. The Morgan fingerprint density at radius 2 is 1.66 bits per heavy atom. The summed E-state index contributed by atoms with van der Waals surface area (Å²) in [4.78, 5) is 25.6. The van der Waals surface area contributed by atoms with E-state index in [0.717, 1.165) is 10.7 Å². The summed E-state index contributed by atoms with van der Waals surface area (Å²) in [6.07, 6.45) is -9.36. The molecular formula is C25H22F6N4O3. The summed E-state index contributed by atoms with van der Waals surface area (Å²) < 4.78 is 83.6. The van der Waals surface area contributed by atoms with Gasteiger partial charge in [-0.05, 0) is 42.7 Å². The predicted octanol–water partition coefficient (Wildman–Crippen LogP) is 5.52. The first-order chi connectivity index (χ1) is 17.8. The van der Waals surface area contributed by atoms with E-state index in [9.17, 15) is 35.9 Å². The average molecular weight is 540 g/mol. The van der Waals surface area contributed by atoms with Gasteiger partial charge in [-0.1, -0.05) is 30.3 Å². The fourth-order valence-electron chi connectivity index (χ4n) is 4.42. The molecule has 4 rings (SSSR count). The van der Waals surface area contributed by atoms with Crippen molar-refractivity contribution in [1.82, 2.24) is 15.1 Å². The van der Waals surface area contributed by atoms with E-state index in [-0.39, 0.29) is 36.6 Å². The summed E-state index contributed by atoms with van der Waals surface area (Å²) in [5.41, 5.74) is -2.86. The van der Waals surface area contributed by atoms with Crippen molar-refractivity contribution >= 4 is 17.7 Å². The number of hydrogen-bond acceptors (Lipinski definition) is 4. The van der Waals surface area contributed by atoms with Gasteiger partial charge in [0.25, 0.3) is 5.91 Å². The Morgan fingerprint density at radius 3 is 2.26 bits per heavy atom. The molecule has 1 amide bonds. The first-order valence-corrected chi connectivity index (χ1v) is 11.5. The minimum atomic E-state index is -5.00. The van der Waals surface area contributed by atoms with E-state index in [1.165, 1.54) is 54.3 Å². The number of aromatic carboxylic acids is 1. The molecule has 7 nitrogen and oxygen atoms in total. The highest BCUT2D eigenvalue weighted by Crippen LogP contribution is 2.39. The van der Waals surface area contributed by atoms with Crippen LogP contribution in [0.2, 0.25) is 0 Å². The third-order valence-corrected chi connectivity index (χ3v) is 6.21. The summed E-state index contributed by atoms with van der Waals surface area (Å²) >= 11 is 0. The SMILES string of the molecule is CC(NC(=O)c1c(C(F)(F)F)nn2c1N(Cc1ccccc1C(F)(F)F)CCC2)c1ccc(C(=O)O)cc1. The molecule has 0 spiro atoms. The maximum absolute atomic E-state index is 14.0. The van der Waals surface area contributed by atoms with Crippen LogP contribution in [0.15, 0.2) is 48.5 Å². The number of alkyl halides is 6. The van der Waals surface area contributed by atoms with Crippen LogP contribution in [0.1, 0.15) is 62.5 Å². The molecule has 3 aromatic rings. The van der Waals surface area contributed by atoms with Gasteiger partial charge in [-0.15, -0.1) is 0 Å². The molecular weight excluding hydrogens is 518 g/mol. The van der Waals surface area contributed by atoms with Crippen molar-refractivity contribution in [2.24, 2.45) is 0 Å². The van der Waals surface area contributed by atoms with Gasteiger partial charge in [0.05, 0.1) is 17.2 Å². The van der Waals surface area contributed by atoms with E-state index in [2.05, 4.69) is 10.4 Å². The van der Waals surface area contributed by atoms with E-state index in [0.29, 0.717) is 12.0 Å². The summed E-state index contributed by atoms with van der Waals surface area (Å²) in [6, 6.07) is 9.38. The van der Waals surface area contributed by atoms with Crippen LogP contribution in [-0.2, 0) is 25.4 Å². The van der Waals surface area contributed by atoms with Crippen molar-refractivity contribution in [1.29, 1.82) is 0 Å². The first-order valence-electron chi connectivity index (χ1n) is 11.5. The van der Waals surface area contributed by atoms with Crippen LogP contribution >= 0.6 is 0 Å². The summed E-state index contributed by atoms with van der Waals surface area (Å²) in [6.45, 7) is 1.29. The van der Waals surface area contributed by atoms with Crippen molar-refractivity contribution in [2.75, 3.05) is 11.4 Å². The number of amides is 1. The highest BCUT2D eigenvalue weighted by Gasteiger charge is 2.44. The standard InChI is InChI=1S/C25H22F6N4O3/c1-14(15-7-9-16(10-8-15)23(37)38)32-21(36)19-20(25(29,30)31)33-35-12-4-11-34(22(19)35)13-17-5-2-3-6-18(17)24(26,27)28/h2-3,5-10,14H,4,11-13H2,1H3,(H,32,36)(H,37,38). The van der Waals surface area contributed by atoms with Crippen LogP contribution in [0.25, 0.3) is 0 Å². The molecule has 0 aliphatic carbocycles. The lowest BCUT2D eigenvalue weighted by Gasteiger charge is -2.31. The average Bonchev–Trinajstić information content (AvgIpc) is 3.25. The molecule has 0 saturated carbocycles. The fraction of sp³-hybridized carbons (Fsp3) is 0.320. The molecule has 2 N–H and O–H groups in total. The van der Waals surface area contributed by atoms with Gasteiger partial charge in [-0.2, -0.15) is 31.4 Å². The molecule has 1 atom stereocenters. The van der Waals surface area contributed by atoms with Gasteiger partial charge in [0.15, 0.2) is 5.69 Å². The number of hydrogen-bond donors (Lipinski definition) is 2. The van der Waals surface area contributed by atoms with Crippen molar-refractivity contribution < 1.29 is 41.0 Å². The predicted molar refractivity (Wildman–Crippen MR) is 124 cm³/mol. The molecule has 0 radical (unpaired) electrons. The van der Waals surface area contributed by atoms with Gasteiger partial charge >= 0.3 is 18.3 Å². The number of carbonyl (C=O) groups is 2. The second-order valence-corrected chi connectivity index (χ2v) is 8.82. The lowest BCUT2D eigenvalue weighted by atomic mass is 10.0. The van der Waals surface area contributed by atoms with Gasteiger partial charge in [-0.3, -0.25) is 4.79 Å². The van der Waals surface area contributed by atoms with Crippen LogP contribution in [0.4, 0.5) is 32.2 Å². The number of carbonyl (C=O) groups excluding carboxylic acids is 1. The van der Waals surface area contributed by atoms with E-state index in [1.54, 1.807) is 0 Å². The Morgan fingerprint density at radius 1 is 1.00 bits per heavy atom. The number of rotatable bonds is 6. The highest BCUT2D eigenvalue weighted by atomic mass is 19.4. The molecule has 2 aromatic carbocycles. The second-order valence-electron chi connectivity index (χ2n) is 8.82. The maximum atomic E-state index is 14.0. The normalized spacial score (nSPS) is 14.7. The second kappa shape index (κ2) is 10.0. The Labute approximate surface area is 212 Å². The molecule has 0 saturated heterocycles. The monoisotopic (exact) mass is 540 g/mol. The molecule has 0 fully saturated rings. The largest absolute Gasteiger partial charge is 0.478 e. The minimum absolute atomic E-state index is 0.00730. The van der Waals surface area contributed by atoms with Crippen molar-refractivity contribution in [3.63, 3.8) is 0 Å². The Hall–Kier alpha value is -4.03. The van der Waals surface area contributed by atoms with Gasteiger partial charge in [0.1, 0.15) is 11.4 Å². The topological polar surface area (TPSA) is 87.5 Å². The number of fused-ring (bicyclic) bond motifs is 1. The Kier molecular flexibility index (Phi) is 7.13. The van der Waals surface area contributed by atoms with Gasteiger partial charge in [-0.25, -0.2) is 9.48 Å². The summed E-state index contributed by atoms with van der Waals surface area (Å²) in [5.74, 6) is -2.49. The van der Waals surface area contributed by atoms with Crippen molar-refractivity contribution in [2.45, 2.75) is 44.8 Å². The molecule has 202 valence electrons. The highest BCUT2D eigenvalue weighted by molar-refractivity contribution is 6.01. The third kappa shape index (κ3) is 5.46. The number of aromatic nitrogens is 2. The van der Waals surface area contributed by atoms with E-state index < -0.39 is 47.1 Å². The Bertz CT molecular complexity index is 1350. The van der Waals surface area contributed by atoms with E-state index >= 15 is 0 Å². The van der Waals surface area contributed by atoms with Crippen LogP contribution in [-0.4, -0.2) is 33.3 Å². The summed E-state index contributed by atoms with van der Waals surface area (Å²) in [5, 5.41) is 15.1. The van der Waals surface area contributed by atoms with Crippen molar-refractivity contribution in [3.05, 3.63) is 82.0 Å². The zero-order valence-corrected chi connectivity index (χ0v) is 19.9. The molecule has 1 aliphatic rings. The molecule has 2 heterocycles. The number of carboxylic acid groups (broad SMARTS) is 1. The lowest BCUT2D eigenvalue weighted by molar-refractivity contribution is -0.142. The molecule has 1 unspecified atom stereocenters. The van der Waals surface area contributed by atoms with E-state index in [4.69, 9.17) is 5.11 Å². The van der Waals surface area contributed by atoms with Gasteiger partial charge in [0, 0.05) is 19.6 Å². The molecule has 1 aromatic heterocycles. The molecule has 0 bridgehead atoms. The number of nitrogens with zero attached hydrogens (tertiary/aromatic N) is 3. The number of carboxylic acids is 1. The zero-order valence-electron chi connectivity index (χ0n) is 19.9. The minimum Gasteiger partial charge on any atom is -0.478 e. The fourth-order valence-corrected chi connectivity index (χ4v) is 4.42. The van der Waals surface area contributed by atoms with Crippen LogP contribution in [0, 0.1) is 0 Å². The molecule has 1 aliphatic heterocycles. The van der Waals surface area contributed by atoms with Crippen molar-refractivity contribution in [3.8, 4) is 0 Å². The smallest absolute Gasteiger partial charge is 0.436 e. The molecule has 13 heteroatoms. The van der Waals surface area contributed by atoms with E-state index in [1.807, 2.05) is 0 Å². The first kappa shape index (κ1) is 27.0. The number of anilines is 1. The van der Waals surface area contributed by atoms with Crippen LogP contribution < -0.4 is 10.2 Å². The third-order valence-electron chi connectivity index (χ3n) is 6.21. The Balaban J connectivity index is 1.71. The zero-order chi connectivity index (χ0) is 27.8. The summed E-state index contributed by atoms with van der Waals surface area (Å²) in [7, 11) is 0. The van der Waals surface area contributed by atoms with Crippen LogP contribution in [0.3, 0.4) is 0 Å². The number of aryl methyl sites for hydroxylation is 1. The van der Waals surface area contributed by atoms with Crippen LogP contribution in [0.5, 0.6) is 0 Å². The number of benzene rings is 2. The molecule has 38 heavy (non-hydrogen) atoms. The number of halogens is 6. The van der Waals surface area contributed by atoms with Gasteiger partial charge in [0.2, 0.25) is 0 Å². The van der Waals surface area contributed by atoms with Gasteiger partial charge < -0.3 is 15.3 Å². The number of nitrogens with one attached hydrogen (secondary N) is 1. The maximum Gasteiger partial charge on any atom is 0.436 e. The lowest BCUT2D eigenvalue weighted by Crippen LogP contribution is -2.35.